The number of carboxylic acids is 2. The zero-order chi connectivity index (χ0) is 20.0. The van der Waals surface area contributed by atoms with Crippen LogP contribution < -0.4 is 0 Å². The van der Waals surface area contributed by atoms with Gasteiger partial charge in [0.15, 0.2) is 0 Å². The van der Waals surface area contributed by atoms with E-state index in [0.717, 1.165) is 28.3 Å². The van der Waals surface area contributed by atoms with Crippen molar-refractivity contribution in [3.8, 4) is 22.8 Å². The van der Waals surface area contributed by atoms with E-state index in [2.05, 4.69) is 55.0 Å². The van der Waals surface area contributed by atoms with Gasteiger partial charge in [-0.15, -0.1) is 0 Å². The van der Waals surface area contributed by atoms with Crippen molar-refractivity contribution in [3.05, 3.63) is 65.5 Å². The third kappa shape index (κ3) is 8.56. The predicted octanol–water partition coefficient (Wildman–Crippen LogP) is 3.28. The van der Waals surface area contributed by atoms with Gasteiger partial charge in [-0.25, -0.2) is 14.6 Å². The normalized spacial score (nSPS) is 9.21. The van der Waals surface area contributed by atoms with Crippen molar-refractivity contribution in [1.29, 1.82) is 0 Å². The van der Waals surface area contributed by atoms with E-state index >= 15 is 0 Å². The molecule has 0 aromatic carbocycles. The van der Waals surface area contributed by atoms with Crippen molar-refractivity contribution >= 4 is 11.9 Å². The van der Waals surface area contributed by atoms with Crippen molar-refractivity contribution < 1.29 is 72.0 Å². The molecule has 0 fully saturated rings. The number of rotatable bonds is 2. The second-order valence-electron chi connectivity index (χ2n) is 5.96. The molecule has 9 heteroatoms. The summed E-state index contributed by atoms with van der Waals surface area (Å²) in [5.41, 5.74) is 7.08. The molecule has 2 N–H and O–H groups in total. The van der Waals surface area contributed by atoms with Crippen LogP contribution in [0.25, 0.3) is 22.8 Å². The van der Waals surface area contributed by atoms with Gasteiger partial charge in [0.05, 0.1) is 22.8 Å². The van der Waals surface area contributed by atoms with Gasteiger partial charge in [0.2, 0.25) is 0 Å². The van der Waals surface area contributed by atoms with Gasteiger partial charge < -0.3 is 10.2 Å². The average molecular weight is 555 g/mol. The molecule has 0 spiro atoms. The van der Waals surface area contributed by atoms with Crippen LogP contribution in [0.4, 0.5) is 0 Å². The number of aromatic nitrogens is 3. The van der Waals surface area contributed by atoms with E-state index in [1.54, 1.807) is 0 Å². The Balaban J connectivity index is 0.000000866. The molecular weight excluding hydrogens is 536 g/mol. The molecule has 0 bridgehead atoms. The third-order valence-corrected chi connectivity index (χ3v) is 3.51. The van der Waals surface area contributed by atoms with Crippen LogP contribution in [0.2, 0.25) is 0 Å². The molecule has 0 aliphatic carbocycles. The number of hydrogen-bond donors (Lipinski definition) is 2. The van der Waals surface area contributed by atoms with Crippen LogP contribution in [0.3, 0.4) is 0 Å². The van der Waals surface area contributed by atoms with Crippen molar-refractivity contribution in [1.82, 2.24) is 15.0 Å². The average Bonchev–Trinajstić information content (AvgIpc) is 2.61. The SMILES string of the molecule is Cc1ccnc(-c2cc(C)cc(-c3cc(C)ccn3)n2)c1.O=C(O)C(=O)O.[Ru].[Y]. The number of aryl methyl sites for hydroxylation is 3. The van der Waals surface area contributed by atoms with Crippen LogP contribution in [0.1, 0.15) is 16.7 Å². The molecule has 0 unspecified atom stereocenters. The molecule has 0 saturated carbocycles. The molecule has 0 amide bonds. The van der Waals surface area contributed by atoms with Crippen LogP contribution in [-0.2, 0) is 61.8 Å². The Morgan fingerprint density at radius 3 is 1.34 bits per heavy atom. The van der Waals surface area contributed by atoms with Crippen molar-refractivity contribution in [3.63, 3.8) is 0 Å². The molecule has 7 nitrogen and oxygen atoms in total. The van der Waals surface area contributed by atoms with Crippen LogP contribution in [-0.4, -0.2) is 37.1 Å². The van der Waals surface area contributed by atoms with E-state index in [-0.39, 0.29) is 52.2 Å². The molecule has 3 heterocycles. The van der Waals surface area contributed by atoms with E-state index in [9.17, 15) is 0 Å². The summed E-state index contributed by atoms with van der Waals surface area (Å²) in [4.78, 5) is 31.8. The van der Waals surface area contributed by atoms with Crippen molar-refractivity contribution in [2.45, 2.75) is 20.8 Å². The Hall–Kier alpha value is -1.88. The van der Waals surface area contributed by atoms with Crippen LogP contribution in [0, 0.1) is 20.8 Å². The Labute approximate surface area is 206 Å². The maximum atomic E-state index is 9.10. The Bertz CT molecular complexity index is 923. The quantitative estimate of drug-likeness (QED) is 0.369. The van der Waals surface area contributed by atoms with E-state index in [1.807, 2.05) is 24.5 Å². The van der Waals surface area contributed by atoms with Gasteiger partial charge in [-0.2, -0.15) is 0 Å². The first-order valence-electron chi connectivity index (χ1n) is 8.07. The minimum Gasteiger partial charge on any atom is -0.473 e. The molecular formula is C20H19N3O4RuY. The fourth-order valence-electron chi connectivity index (χ4n) is 2.28. The zero-order valence-corrected chi connectivity index (χ0v) is 20.7. The van der Waals surface area contributed by atoms with Gasteiger partial charge in [0, 0.05) is 64.6 Å². The van der Waals surface area contributed by atoms with Gasteiger partial charge in [-0.1, -0.05) is 0 Å². The second kappa shape index (κ2) is 12.6. The topological polar surface area (TPSA) is 113 Å². The maximum absolute atomic E-state index is 9.10. The smallest absolute Gasteiger partial charge is 0.414 e. The molecule has 3 rings (SSSR count). The first-order chi connectivity index (χ1) is 12.8. The molecule has 149 valence electrons. The number of pyridine rings is 3. The van der Waals surface area contributed by atoms with E-state index < -0.39 is 11.9 Å². The summed E-state index contributed by atoms with van der Waals surface area (Å²) in [6.45, 7) is 6.19. The van der Waals surface area contributed by atoms with Crippen LogP contribution in [0.15, 0.2) is 48.8 Å². The fourth-order valence-corrected chi connectivity index (χ4v) is 2.28. The molecule has 29 heavy (non-hydrogen) atoms. The first kappa shape index (κ1) is 27.1. The summed E-state index contributed by atoms with van der Waals surface area (Å²) in [6, 6.07) is 12.2. The number of aliphatic carboxylic acids is 2. The number of nitrogens with zero attached hydrogens (tertiary/aromatic N) is 3. The Morgan fingerprint density at radius 2 is 1.03 bits per heavy atom. The largest absolute Gasteiger partial charge is 0.473 e. The van der Waals surface area contributed by atoms with Crippen molar-refractivity contribution in [2.24, 2.45) is 0 Å². The summed E-state index contributed by atoms with van der Waals surface area (Å²) in [6.07, 6.45) is 3.64. The molecule has 0 aliphatic heterocycles. The van der Waals surface area contributed by atoms with Gasteiger partial charge in [0.25, 0.3) is 0 Å². The molecule has 0 atom stereocenters. The predicted molar refractivity (Wildman–Crippen MR) is 100 cm³/mol. The molecule has 1 radical (unpaired) electrons. The number of carbonyl (C=O) groups is 2. The summed E-state index contributed by atoms with van der Waals surface area (Å²) in [5.74, 6) is -3.65. The van der Waals surface area contributed by atoms with Crippen LogP contribution >= 0.6 is 0 Å². The Morgan fingerprint density at radius 1 is 0.690 bits per heavy atom. The monoisotopic (exact) mass is 556 g/mol. The molecule has 3 aromatic rings. The zero-order valence-electron chi connectivity index (χ0n) is 16.1. The van der Waals surface area contributed by atoms with Gasteiger partial charge in [-0.3, -0.25) is 9.97 Å². The fraction of sp³-hybridized carbons (Fsp3) is 0.150. The number of hydrogen-bond acceptors (Lipinski definition) is 5. The van der Waals surface area contributed by atoms with Gasteiger partial charge >= 0.3 is 11.9 Å². The van der Waals surface area contributed by atoms with Gasteiger partial charge in [-0.05, 0) is 73.9 Å². The summed E-state index contributed by atoms with van der Waals surface area (Å²) in [7, 11) is 0. The van der Waals surface area contributed by atoms with Crippen LogP contribution in [0.5, 0.6) is 0 Å². The number of carboxylic acid groups (broad SMARTS) is 2. The molecule has 0 aliphatic rings. The van der Waals surface area contributed by atoms with Gasteiger partial charge in [0.1, 0.15) is 0 Å². The van der Waals surface area contributed by atoms with E-state index in [4.69, 9.17) is 24.8 Å². The minimum absolute atomic E-state index is 0. The summed E-state index contributed by atoms with van der Waals surface area (Å²) < 4.78 is 0. The minimum atomic E-state index is -1.82. The van der Waals surface area contributed by atoms with Crippen molar-refractivity contribution in [2.75, 3.05) is 0 Å². The van der Waals surface area contributed by atoms with E-state index in [1.165, 1.54) is 11.1 Å². The van der Waals surface area contributed by atoms with E-state index in [0.29, 0.717) is 0 Å². The first-order valence-corrected chi connectivity index (χ1v) is 8.07. The molecule has 3 aromatic heterocycles. The molecule has 0 saturated heterocycles. The standard InChI is InChI=1S/C18H17N3.C2H2O4.Ru.Y/c1-12-4-6-19-15(8-12)17-10-14(3)11-18(21-17)16-9-13(2)5-7-20-16;3-1(4)2(5)6;;/h4-11H,1-3H3;(H,3,4)(H,5,6);;. The summed E-state index contributed by atoms with van der Waals surface area (Å²) in [5, 5.41) is 14.8. The summed E-state index contributed by atoms with van der Waals surface area (Å²) >= 11 is 0. The third-order valence-electron chi connectivity index (χ3n) is 3.51. The Kier molecular flexibility index (Phi) is 11.8. The maximum Gasteiger partial charge on any atom is 0.414 e. The second-order valence-corrected chi connectivity index (χ2v) is 5.96.